The molecule has 0 aromatic carbocycles. The van der Waals surface area contributed by atoms with Crippen LogP contribution in [0.2, 0.25) is 5.02 Å². The number of aryl methyl sites for hydroxylation is 1. The molecule has 0 aliphatic carbocycles. The van der Waals surface area contributed by atoms with Crippen LogP contribution in [0.4, 0.5) is 0 Å². The van der Waals surface area contributed by atoms with E-state index in [2.05, 4.69) is 5.10 Å². The minimum atomic E-state index is -0.0218. The Morgan fingerprint density at radius 1 is 1.32 bits per heavy atom. The van der Waals surface area contributed by atoms with Gasteiger partial charge in [0.15, 0.2) is 0 Å². The number of piperidine rings is 2. The van der Waals surface area contributed by atoms with Gasteiger partial charge in [-0.2, -0.15) is 5.10 Å². The van der Waals surface area contributed by atoms with Gasteiger partial charge in [-0.1, -0.05) is 11.6 Å². The Bertz CT molecular complexity index is 635. The fraction of sp³-hybridized carbons (Fsp3) is 0.706. The topological polar surface area (TPSA) is 78.7 Å². The Morgan fingerprint density at radius 2 is 2.16 bits per heavy atom. The van der Waals surface area contributed by atoms with Crippen molar-refractivity contribution in [1.29, 1.82) is 0 Å². The second-order valence-electron chi connectivity index (χ2n) is 7.13. The highest BCUT2D eigenvalue weighted by Crippen LogP contribution is 2.38. The summed E-state index contributed by atoms with van der Waals surface area (Å²) in [4.78, 5) is 28.3. The van der Waals surface area contributed by atoms with E-state index >= 15 is 0 Å². The van der Waals surface area contributed by atoms with E-state index in [1.54, 1.807) is 22.0 Å². The summed E-state index contributed by atoms with van der Waals surface area (Å²) < 4.78 is 1.68. The van der Waals surface area contributed by atoms with Crippen LogP contribution in [0, 0.1) is 5.41 Å². The first-order chi connectivity index (χ1) is 12.0. The zero-order valence-corrected chi connectivity index (χ0v) is 15.1. The van der Waals surface area contributed by atoms with E-state index < -0.39 is 0 Å². The van der Waals surface area contributed by atoms with Gasteiger partial charge in [0.05, 0.1) is 17.8 Å². The highest BCUT2D eigenvalue weighted by Gasteiger charge is 2.42. The molecule has 2 aliphatic rings. The molecular weight excluding hydrogens is 344 g/mol. The van der Waals surface area contributed by atoms with Crippen molar-refractivity contribution in [2.45, 2.75) is 38.6 Å². The van der Waals surface area contributed by atoms with Crippen molar-refractivity contribution in [3.63, 3.8) is 0 Å². The minimum absolute atomic E-state index is 0.0170. The van der Waals surface area contributed by atoms with Gasteiger partial charge in [-0.25, -0.2) is 0 Å². The molecule has 3 heterocycles. The molecule has 8 heteroatoms. The molecule has 2 aliphatic heterocycles. The van der Waals surface area contributed by atoms with Crippen molar-refractivity contribution >= 4 is 23.4 Å². The number of likely N-dealkylation sites (tertiary alicyclic amines) is 2. The number of β-amino-alcohol motifs (C(OH)–C–C–N with tert-alkyl or cyclic N) is 1. The number of hydrogen-bond donors (Lipinski definition) is 1. The van der Waals surface area contributed by atoms with Gasteiger partial charge in [0, 0.05) is 57.2 Å². The molecule has 1 atom stereocenters. The zero-order valence-electron chi connectivity index (χ0n) is 14.4. The summed E-state index contributed by atoms with van der Waals surface area (Å²) in [5.74, 6) is 0.231. The Morgan fingerprint density at radius 3 is 2.88 bits per heavy atom. The molecule has 2 amide bonds. The molecule has 0 radical (unpaired) electrons. The third-order valence-electron chi connectivity index (χ3n) is 5.29. The van der Waals surface area contributed by atoms with Crippen LogP contribution in [-0.2, 0) is 16.1 Å². The third-order valence-corrected chi connectivity index (χ3v) is 5.48. The van der Waals surface area contributed by atoms with Crippen molar-refractivity contribution in [3.8, 4) is 0 Å². The maximum absolute atomic E-state index is 12.6. The van der Waals surface area contributed by atoms with Crippen LogP contribution in [0.25, 0.3) is 0 Å². The molecule has 0 bridgehead atoms. The largest absolute Gasteiger partial charge is 0.395 e. The number of halogens is 1. The number of carbonyl (C=O) groups excluding carboxylic acids is 2. The number of hydrogen-bond acceptors (Lipinski definition) is 4. The predicted molar refractivity (Wildman–Crippen MR) is 93.0 cm³/mol. The van der Waals surface area contributed by atoms with Gasteiger partial charge in [0.2, 0.25) is 11.8 Å². The van der Waals surface area contributed by atoms with Crippen molar-refractivity contribution in [3.05, 3.63) is 17.4 Å². The molecule has 138 valence electrons. The molecular formula is C17H25ClN4O3. The van der Waals surface area contributed by atoms with Gasteiger partial charge in [-0.15, -0.1) is 0 Å². The van der Waals surface area contributed by atoms with Gasteiger partial charge in [0.25, 0.3) is 0 Å². The lowest BCUT2D eigenvalue weighted by atomic mass is 9.73. The summed E-state index contributed by atoms with van der Waals surface area (Å²) in [7, 11) is 0. The molecule has 1 aromatic heterocycles. The summed E-state index contributed by atoms with van der Waals surface area (Å²) in [6.07, 6.45) is 7.00. The summed E-state index contributed by atoms with van der Waals surface area (Å²) in [6, 6.07) is 0. The summed E-state index contributed by atoms with van der Waals surface area (Å²) in [6.45, 7) is 3.00. The fourth-order valence-electron chi connectivity index (χ4n) is 4.01. The van der Waals surface area contributed by atoms with E-state index in [4.69, 9.17) is 16.7 Å². The van der Waals surface area contributed by atoms with Gasteiger partial charge in [-0.3, -0.25) is 14.3 Å². The highest BCUT2D eigenvalue weighted by molar-refractivity contribution is 6.30. The van der Waals surface area contributed by atoms with Crippen LogP contribution >= 0.6 is 11.6 Å². The standard InChI is InChI=1S/C17H25ClN4O3/c18-14-10-19-22(11-14)7-3-16(25)20-6-1-4-17(12-20)5-2-15(24)21(13-17)8-9-23/h10-11,23H,1-9,12-13H2/t17-/m0/s1. The van der Waals surface area contributed by atoms with Gasteiger partial charge >= 0.3 is 0 Å². The van der Waals surface area contributed by atoms with Crippen LogP contribution in [0.1, 0.15) is 32.1 Å². The molecule has 25 heavy (non-hydrogen) atoms. The average molecular weight is 369 g/mol. The number of rotatable bonds is 5. The van der Waals surface area contributed by atoms with Gasteiger partial charge in [-0.05, 0) is 19.3 Å². The van der Waals surface area contributed by atoms with Crippen LogP contribution in [0.15, 0.2) is 12.4 Å². The molecule has 7 nitrogen and oxygen atoms in total. The fourth-order valence-corrected chi connectivity index (χ4v) is 4.17. The number of aliphatic hydroxyl groups is 1. The van der Waals surface area contributed by atoms with Crippen LogP contribution in [-0.4, -0.2) is 69.3 Å². The Balaban J connectivity index is 1.58. The molecule has 0 unspecified atom stereocenters. The third kappa shape index (κ3) is 4.33. The number of aromatic nitrogens is 2. The van der Waals surface area contributed by atoms with E-state index in [-0.39, 0.29) is 23.8 Å². The van der Waals surface area contributed by atoms with E-state index in [0.717, 1.165) is 25.8 Å². The van der Waals surface area contributed by atoms with E-state index in [1.807, 2.05) is 4.90 Å². The zero-order chi connectivity index (χ0) is 17.9. The van der Waals surface area contributed by atoms with Crippen molar-refractivity contribution in [1.82, 2.24) is 19.6 Å². The Labute approximate surface area is 152 Å². The maximum Gasteiger partial charge on any atom is 0.224 e. The molecule has 1 N–H and O–H groups in total. The molecule has 2 saturated heterocycles. The van der Waals surface area contributed by atoms with Gasteiger partial charge in [0.1, 0.15) is 0 Å². The van der Waals surface area contributed by atoms with Crippen molar-refractivity contribution in [2.24, 2.45) is 5.41 Å². The normalized spacial score (nSPS) is 24.2. The van der Waals surface area contributed by atoms with Crippen molar-refractivity contribution in [2.75, 3.05) is 32.8 Å². The predicted octanol–water partition coefficient (Wildman–Crippen LogP) is 1.15. The van der Waals surface area contributed by atoms with Gasteiger partial charge < -0.3 is 14.9 Å². The maximum atomic E-state index is 12.6. The number of nitrogens with zero attached hydrogens (tertiary/aromatic N) is 4. The first-order valence-corrected chi connectivity index (χ1v) is 9.23. The summed E-state index contributed by atoms with van der Waals surface area (Å²) >= 11 is 5.84. The van der Waals surface area contributed by atoms with Crippen molar-refractivity contribution < 1.29 is 14.7 Å². The highest BCUT2D eigenvalue weighted by atomic mass is 35.5. The van der Waals surface area contributed by atoms with Crippen LogP contribution in [0.5, 0.6) is 0 Å². The summed E-state index contributed by atoms with van der Waals surface area (Å²) in [5.41, 5.74) is -0.0218. The number of carbonyl (C=O) groups is 2. The molecule has 0 saturated carbocycles. The van der Waals surface area contributed by atoms with E-state index in [1.165, 1.54) is 0 Å². The number of aliphatic hydroxyl groups excluding tert-OH is 1. The quantitative estimate of drug-likeness (QED) is 0.845. The Kier molecular flexibility index (Phi) is 5.64. The van der Waals surface area contributed by atoms with E-state index in [9.17, 15) is 9.59 Å². The lowest BCUT2D eigenvalue weighted by Gasteiger charge is -2.48. The van der Waals surface area contributed by atoms with Crippen LogP contribution in [0.3, 0.4) is 0 Å². The molecule has 1 spiro atoms. The number of amides is 2. The lowest BCUT2D eigenvalue weighted by molar-refractivity contribution is -0.143. The molecule has 3 rings (SSSR count). The SMILES string of the molecule is O=C1CC[C@]2(CCCN(C(=O)CCn3cc(Cl)cn3)C2)CN1CCO. The van der Waals surface area contributed by atoms with Crippen LogP contribution < -0.4 is 0 Å². The summed E-state index contributed by atoms with van der Waals surface area (Å²) in [5, 5.41) is 13.8. The minimum Gasteiger partial charge on any atom is -0.395 e. The Hall–Kier alpha value is -1.60. The molecule has 2 fully saturated rings. The molecule has 1 aromatic rings. The monoisotopic (exact) mass is 368 g/mol. The first-order valence-electron chi connectivity index (χ1n) is 8.86. The first kappa shape index (κ1) is 18.2. The second-order valence-corrected chi connectivity index (χ2v) is 7.57. The average Bonchev–Trinajstić information content (AvgIpc) is 3.02. The second kappa shape index (κ2) is 7.74. The lowest BCUT2D eigenvalue weighted by Crippen LogP contribution is -2.55. The smallest absolute Gasteiger partial charge is 0.224 e. The van der Waals surface area contributed by atoms with E-state index in [0.29, 0.717) is 44.0 Å².